The van der Waals surface area contributed by atoms with E-state index < -0.39 is 0 Å². The van der Waals surface area contributed by atoms with Crippen LogP contribution in [0.2, 0.25) is 0 Å². The van der Waals surface area contributed by atoms with Crippen LogP contribution in [-0.2, 0) is 13.1 Å². The Labute approximate surface area is 134 Å². The normalized spacial score (nSPS) is 10.9. The number of para-hydroxylation sites is 1. The van der Waals surface area contributed by atoms with E-state index in [9.17, 15) is 0 Å². The molecule has 0 radical (unpaired) electrons. The molecule has 3 nitrogen and oxygen atoms in total. The maximum atomic E-state index is 3.31. The molecule has 0 aliphatic carbocycles. The number of unbranched alkanes of at least 4 members (excludes halogenated alkanes) is 1. The van der Waals surface area contributed by atoms with Gasteiger partial charge in [0.05, 0.1) is 0 Å². The highest BCUT2D eigenvalue weighted by molar-refractivity contribution is 5.41. The van der Waals surface area contributed by atoms with Gasteiger partial charge in [0.25, 0.3) is 0 Å². The summed E-state index contributed by atoms with van der Waals surface area (Å²) in [5.74, 6) is 0. The molecule has 0 unspecified atom stereocenters. The summed E-state index contributed by atoms with van der Waals surface area (Å²) in [6.45, 7) is 5.21. The molecule has 2 rings (SSSR count). The fourth-order valence-corrected chi connectivity index (χ4v) is 2.45. The lowest BCUT2D eigenvalue weighted by Gasteiger charge is -2.19. The highest BCUT2D eigenvalue weighted by atomic mass is 15.3. The predicted octanol–water partition coefficient (Wildman–Crippen LogP) is 4.04. The summed E-state index contributed by atoms with van der Waals surface area (Å²) in [5, 5.41) is 0. The van der Waals surface area contributed by atoms with E-state index in [1.54, 1.807) is 0 Å². The molecule has 2 aromatic carbocycles. The number of hydrazine groups is 1. The minimum Gasteiger partial charge on any atom is -0.321 e. The Balaban J connectivity index is 1.88. The first kappa shape index (κ1) is 16.5. The lowest BCUT2D eigenvalue weighted by molar-refractivity contribution is 0.319. The van der Waals surface area contributed by atoms with Crippen LogP contribution in [-0.4, -0.2) is 18.5 Å². The summed E-state index contributed by atoms with van der Waals surface area (Å²) < 4.78 is 0. The van der Waals surface area contributed by atoms with Gasteiger partial charge >= 0.3 is 0 Å². The van der Waals surface area contributed by atoms with Gasteiger partial charge in [-0.3, -0.25) is 0 Å². The first-order valence-electron chi connectivity index (χ1n) is 8.09. The van der Waals surface area contributed by atoms with Crippen LogP contribution >= 0.6 is 0 Å². The van der Waals surface area contributed by atoms with Gasteiger partial charge in [-0.1, -0.05) is 55.8 Å². The summed E-state index contributed by atoms with van der Waals surface area (Å²) in [5.41, 5.74) is 10.4. The largest absolute Gasteiger partial charge is 0.321 e. The molecule has 0 bridgehead atoms. The average molecular weight is 297 g/mol. The maximum Gasteiger partial charge on any atom is 0.0487 e. The maximum absolute atomic E-state index is 3.31. The van der Waals surface area contributed by atoms with Crippen LogP contribution in [0.3, 0.4) is 0 Å². The van der Waals surface area contributed by atoms with Crippen LogP contribution in [0.15, 0.2) is 54.6 Å². The fourth-order valence-electron chi connectivity index (χ4n) is 2.45. The summed E-state index contributed by atoms with van der Waals surface area (Å²) in [6, 6.07) is 18.8. The van der Waals surface area contributed by atoms with Crippen molar-refractivity contribution in [3.63, 3.8) is 0 Å². The third kappa shape index (κ3) is 5.51. The SMILES string of the molecule is CCCCN(C)Cc1ccccc1CNNc1ccccc1. The van der Waals surface area contributed by atoms with Crippen molar-refractivity contribution in [3.8, 4) is 0 Å². The van der Waals surface area contributed by atoms with Crippen LogP contribution in [0.5, 0.6) is 0 Å². The molecule has 22 heavy (non-hydrogen) atoms. The third-order valence-corrected chi connectivity index (χ3v) is 3.74. The van der Waals surface area contributed by atoms with E-state index >= 15 is 0 Å². The zero-order chi connectivity index (χ0) is 15.6. The van der Waals surface area contributed by atoms with Crippen LogP contribution in [0, 0.1) is 0 Å². The second kappa shape index (κ2) is 9.23. The second-order valence-electron chi connectivity index (χ2n) is 5.70. The van der Waals surface area contributed by atoms with Crippen molar-refractivity contribution >= 4 is 5.69 Å². The Morgan fingerprint density at radius 1 is 0.909 bits per heavy atom. The number of hydrogen-bond acceptors (Lipinski definition) is 3. The zero-order valence-electron chi connectivity index (χ0n) is 13.7. The molecule has 0 saturated heterocycles. The molecule has 0 amide bonds. The molecular weight excluding hydrogens is 270 g/mol. The number of hydrogen-bond donors (Lipinski definition) is 2. The van der Waals surface area contributed by atoms with Gasteiger partial charge < -0.3 is 10.3 Å². The van der Waals surface area contributed by atoms with Crippen LogP contribution in [0.1, 0.15) is 30.9 Å². The third-order valence-electron chi connectivity index (χ3n) is 3.74. The van der Waals surface area contributed by atoms with Gasteiger partial charge in [0, 0.05) is 18.8 Å². The minimum absolute atomic E-state index is 0.812. The smallest absolute Gasteiger partial charge is 0.0487 e. The standard InChI is InChI=1S/C19H27N3/c1-3-4-14-22(2)16-18-11-9-8-10-17(18)15-20-21-19-12-6-5-7-13-19/h5-13,20-21H,3-4,14-16H2,1-2H3. The summed E-state index contributed by atoms with van der Waals surface area (Å²) in [4.78, 5) is 2.40. The van der Waals surface area contributed by atoms with Crippen molar-refractivity contribution in [1.82, 2.24) is 10.3 Å². The molecule has 0 aromatic heterocycles. The van der Waals surface area contributed by atoms with Crippen molar-refractivity contribution < 1.29 is 0 Å². The average Bonchev–Trinajstić information content (AvgIpc) is 2.55. The minimum atomic E-state index is 0.812. The molecule has 2 N–H and O–H groups in total. The molecule has 0 aliphatic rings. The molecule has 0 fully saturated rings. The molecule has 0 aliphatic heterocycles. The highest BCUT2D eigenvalue weighted by Crippen LogP contribution is 2.12. The summed E-state index contributed by atoms with van der Waals surface area (Å²) in [7, 11) is 2.20. The Morgan fingerprint density at radius 2 is 1.59 bits per heavy atom. The van der Waals surface area contributed by atoms with E-state index in [1.807, 2.05) is 18.2 Å². The van der Waals surface area contributed by atoms with Gasteiger partial charge in [-0.25, -0.2) is 5.43 Å². The van der Waals surface area contributed by atoms with Gasteiger partial charge in [0.15, 0.2) is 0 Å². The lowest BCUT2D eigenvalue weighted by atomic mass is 10.1. The topological polar surface area (TPSA) is 27.3 Å². The first-order chi connectivity index (χ1) is 10.8. The van der Waals surface area contributed by atoms with Crippen molar-refractivity contribution in [2.45, 2.75) is 32.9 Å². The Bertz CT molecular complexity index is 539. The molecule has 3 heteroatoms. The fraction of sp³-hybridized carbons (Fsp3) is 0.368. The molecule has 0 saturated carbocycles. The van der Waals surface area contributed by atoms with E-state index in [2.05, 4.69) is 66.1 Å². The molecular formula is C19H27N3. The Morgan fingerprint density at radius 3 is 2.32 bits per heavy atom. The van der Waals surface area contributed by atoms with Crippen LogP contribution in [0.4, 0.5) is 5.69 Å². The molecule has 2 aromatic rings. The van der Waals surface area contributed by atoms with E-state index in [-0.39, 0.29) is 0 Å². The van der Waals surface area contributed by atoms with E-state index in [1.165, 1.54) is 24.0 Å². The Kier molecular flexibility index (Phi) is 6.94. The number of nitrogens with zero attached hydrogens (tertiary/aromatic N) is 1. The number of nitrogens with one attached hydrogen (secondary N) is 2. The number of benzene rings is 2. The van der Waals surface area contributed by atoms with Gasteiger partial charge in [-0.2, -0.15) is 0 Å². The summed E-state index contributed by atoms with van der Waals surface area (Å²) >= 11 is 0. The van der Waals surface area contributed by atoms with Gasteiger partial charge in [-0.15, -0.1) is 0 Å². The Hall–Kier alpha value is -1.84. The van der Waals surface area contributed by atoms with E-state index in [0.717, 1.165) is 25.3 Å². The van der Waals surface area contributed by atoms with E-state index in [0.29, 0.717) is 0 Å². The van der Waals surface area contributed by atoms with Crippen molar-refractivity contribution in [2.24, 2.45) is 0 Å². The van der Waals surface area contributed by atoms with Gasteiger partial charge in [-0.05, 0) is 43.3 Å². The number of rotatable bonds is 9. The number of anilines is 1. The molecule has 0 spiro atoms. The van der Waals surface area contributed by atoms with Crippen molar-refractivity contribution in [2.75, 3.05) is 19.0 Å². The molecule has 0 atom stereocenters. The lowest BCUT2D eigenvalue weighted by Crippen LogP contribution is -2.24. The predicted molar refractivity (Wildman–Crippen MR) is 94.6 cm³/mol. The monoisotopic (exact) mass is 297 g/mol. The van der Waals surface area contributed by atoms with E-state index in [4.69, 9.17) is 0 Å². The van der Waals surface area contributed by atoms with Gasteiger partial charge in [0.1, 0.15) is 0 Å². The highest BCUT2D eigenvalue weighted by Gasteiger charge is 2.05. The van der Waals surface area contributed by atoms with Crippen LogP contribution in [0.25, 0.3) is 0 Å². The van der Waals surface area contributed by atoms with Gasteiger partial charge in [0.2, 0.25) is 0 Å². The first-order valence-corrected chi connectivity index (χ1v) is 8.09. The molecule has 0 heterocycles. The van der Waals surface area contributed by atoms with Crippen molar-refractivity contribution in [1.29, 1.82) is 0 Å². The zero-order valence-corrected chi connectivity index (χ0v) is 13.7. The quantitative estimate of drug-likeness (QED) is 0.684. The van der Waals surface area contributed by atoms with Crippen LogP contribution < -0.4 is 10.9 Å². The summed E-state index contributed by atoms with van der Waals surface area (Å²) in [6.07, 6.45) is 2.50. The van der Waals surface area contributed by atoms with Crippen molar-refractivity contribution in [3.05, 3.63) is 65.7 Å². The second-order valence-corrected chi connectivity index (χ2v) is 5.70. The molecule has 118 valence electrons.